The average Bonchev–Trinajstić information content (AvgIpc) is 2.32. The molecule has 0 unspecified atom stereocenters. The van der Waals surface area contributed by atoms with Crippen LogP contribution in [0.5, 0.6) is 0 Å². The molecule has 0 atom stereocenters. The van der Waals surface area contributed by atoms with Gasteiger partial charge in [-0.05, 0) is 28.8 Å². The molecule has 0 aliphatic rings. The molecule has 0 heterocycles. The molecule has 2 aromatic rings. The van der Waals surface area contributed by atoms with E-state index in [1.54, 1.807) is 24.3 Å². The molecular weight excluding hydrogens is 236 g/mol. The summed E-state index contributed by atoms with van der Waals surface area (Å²) in [5, 5.41) is 0. The van der Waals surface area contributed by atoms with Crippen molar-refractivity contribution in [3.05, 3.63) is 59.7 Å². The molecule has 0 fully saturated rings. The van der Waals surface area contributed by atoms with Crippen LogP contribution in [0.25, 0.3) is 11.1 Å². The number of carbonyl (C=O) groups is 1. The molecule has 4 heteroatoms. The van der Waals surface area contributed by atoms with E-state index in [0.29, 0.717) is 11.1 Å². The molecule has 92 valence electrons. The van der Waals surface area contributed by atoms with Crippen LogP contribution in [-0.2, 0) is 11.2 Å². The first kappa shape index (κ1) is 12.2. The Hall–Kier alpha value is -2.23. The van der Waals surface area contributed by atoms with Crippen molar-refractivity contribution in [2.24, 2.45) is 5.73 Å². The average molecular weight is 247 g/mol. The van der Waals surface area contributed by atoms with Gasteiger partial charge in [-0.1, -0.05) is 30.3 Å². The molecule has 2 nitrogen and oxygen atoms in total. The second-order valence-electron chi connectivity index (χ2n) is 3.97. The largest absolute Gasteiger partial charge is 0.369 e. The van der Waals surface area contributed by atoms with Gasteiger partial charge in [0.05, 0.1) is 6.42 Å². The maximum atomic E-state index is 13.1. The molecule has 18 heavy (non-hydrogen) atoms. The summed E-state index contributed by atoms with van der Waals surface area (Å²) >= 11 is 0. The Morgan fingerprint density at radius 3 is 2.39 bits per heavy atom. The summed E-state index contributed by atoms with van der Waals surface area (Å²) in [6.45, 7) is 0. The molecule has 0 aliphatic heterocycles. The zero-order chi connectivity index (χ0) is 13.1. The first-order valence-corrected chi connectivity index (χ1v) is 5.39. The van der Waals surface area contributed by atoms with Gasteiger partial charge in [-0.2, -0.15) is 0 Å². The van der Waals surface area contributed by atoms with Gasteiger partial charge in [0.2, 0.25) is 5.91 Å². The molecule has 0 saturated carbocycles. The Bertz CT molecular complexity index is 596. The highest BCUT2D eigenvalue weighted by atomic mass is 19.2. The van der Waals surface area contributed by atoms with E-state index in [1.165, 1.54) is 6.07 Å². The lowest BCUT2D eigenvalue weighted by Crippen LogP contribution is -2.13. The molecule has 0 aliphatic carbocycles. The summed E-state index contributed by atoms with van der Waals surface area (Å²) in [6.07, 6.45) is 0.123. The Kier molecular flexibility index (Phi) is 3.37. The van der Waals surface area contributed by atoms with Crippen LogP contribution in [-0.4, -0.2) is 5.91 Å². The zero-order valence-corrected chi connectivity index (χ0v) is 9.49. The first-order chi connectivity index (χ1) is 8.56. The highest BCUT2D eigenvalue weighted by Gasteiger charge is 2.06. The highest BCUT2D eigenvalue weighted by Crippen LogP contribution is 2.22. The highest BCUT2D eigenvalue weighted by molar-refractivity contribution is 5.77. The van der Waals surface area contributed by atoms with E-state index in [4.69, 9.17) is 5.73 Å². The summed E-state index contributed by atoms with van der Waals surface area (Å²) in [5.41, 5.74) is 7.12. The molecule has 2 aromatic carbocycles. The van der Waals surface area contributed by atoms with Crippen molar-refractivity contribution < 1.29 is 13.6 Å². The van der Waals surface area contributed by atoms with Gasteiger partial charge in [-0.25, -0.2) is 8.78 Å². The first-order valence-electron chi connectivity index (χ1n) is 5.39. The van der Waals surface area contributed by atoms with E-state index in [9.17, 15) is 13.6 Å². The number of carbonyl (C=O) groups excluding carboxylic acids is 1. The fourth-order valence-corrected chi connectivity index (χ4v) is 1.74. The monoisotopic (exact) mass is 247 g/mol. The van der Waals surface area contributed by atoms with Gasteiger partial charge >= 0.3 is 0 Å². The third-order valence-corrected chi connectivity index (χ3v) is 2.56. The van der Waals surface area contributed by atoms with Gasteiger partial charge in [0.1, 0.15) is 0 Å². The number of rotatable bonds is 3. The van der Waals surface area contributed by atoms with E-state index in [1.807, 2.05) is 0 Å². The summed E-state index contributed by atoms with van der Waals surface area (Å²) in [6, 6.07) is 10.7. The normalized spacial score (nSPS) is 10.3. The van der Waals surface area contributed by atoms with Crippen LogP contribution in [0.15, 0.2) is 42.5 Å². The van der Waals surface area contributed by atoms with Crippen molar-refractivity contribution in [1.82, 2.24) is 0 Å². The van der Waals surface area contributed by atoms with Crippen molar-refractivity contribution in [2.45, 2.75) is 6.42 Å². The van der Waals surface area contributed by atoms with Crippen LogP contribution >= 0.6 is 0 Å². The predicted octanol–water partition coefficient (Wildman–Crippen LogP) is 2.66. The van der Waals surface area contributed by atoms with Gasteiger partial charge in [-0.15, -0.1) is 0 Å². The number of halogens is 2. The number of amides is 1. The Labute approximate surface area is 103 Å². The topological polar surface area (TPSA) is 43.1 Å². The van der Waals surface area contributed by atoms with Crippen molar-refractivity contribution >= 4 is 5.91 Å². The second-order valence-corrected chi connectivity index (χ2v) is 3.97. The quantitative estimate of drug-likeness (QED) is 0.890. The molecular formula is C14H11F2NO. The lowest BCUT2D eigenvalue weighted by atomic mass is 10.0. The number of primary amides is 1. The van der Waals surface area contributed by atoms with Crippen LogP contribution < -0.4 is 5.73 Å². The minimum Gasteiger partial charge on any atom is -0.369 e. The van der Waals surface area contributed by atoms with Crippen LogP contribution in [0.4, 0.5) is 8.78 Å². The van der Waals surface area contributed by atoms with Crippen LogP contribution in [0.1, 0.15) is 5.56 Å². The Morgan fingerprint density at radius 1 is 1.00 bits per heavy atom. The third-order valence-electron chi connectivity index (χ3n) is 2.56. The second kappa shape index (κ2) is 4.96. The van der Waals surface area contributed by atoms with Gasteiger partial charge in [0, 0.05) is 0 Å². The van der Waals surface area contributed by atoms with Crippen LogP contribution in [0, 0.1) is 11.6 Å². The minimum atomic E-state index is -0.896. The minimum absolute atomic E-state index is 0.123. The van der Waals surface area contributed by atoms with Crippen LogP contribution in [0.3, 0.4) is 0 Å². The molecule has 0 bridgehead atoms. The van der Waals surface area contributed by atoms with Gasteiger partial charge in [-0.3, -0.25) is 4.79 Å². The predicted molar refractivity (Wildman–Crippen MR) is 64.7 cm³/mol. The number of hydrogen-bond donors (Lipinski definition) is 1. The third kappa shape index (κ3) is 2.71. The number of benzene rings is 2. The molecule has 2 N–H and O–H groups in total. The maximum Gasteiger partial charge on any atom is 0.221 e. The van der Waals surface area contributed by atoms with Gasteiger partial charge in [0.25, 0.3) is 0 Å². The fraction of sp³-hybridized carbons (Fsp3) is 0.0714. The van der Waals surface area contributed by atoms with E-state index >= 15 is 0 Å². The van der Waals surface area contributed by atoms with E-state index < -0.39 is 17.5 Å². The van der Waals surface area contributed by atoms with Crippen molar-refractivity contribution in [2.75, 3.05) is 0 Å². The number of nitrogens with two attached hydrogens (primary N) is 1. The molecule has 0 radical (unpaired) electrons. The van der Waals surface area contributed by atoms with E-state index in [-0.39, 0.29) is 6.42 Å². The molecule has 0 spiro atoms. The molecule has 0 saturated heterocycles. The van der Waals surface area contributed by atoms with Crippen molar-refractivity contribution in [1.29, 1.82) is 0 Å². The standard InChI is InChI=1S/C14H11F2NO/c15-12-5-4-11(8-13(12)16)10-3-1-2-9(6-10)7-14(17)18/h1-6,8H,7H2,(H2,17,18). The van der Waals surface area contributed by atoms with E-state index in [2.05, 4.69) is 0 Å². The fourth-order valence-electron chi connectivity index (χ4n) is 1.74. The summed E-state index contributed by atoms with van der Waals surface area (Å²) in [4.78, 5) is 10.8. The summed E-state index contributed by atoms with van der Waals surface area (Å²) in [7, 11) is 0. The van der Waals surface area contributed by atoms with Gasteiger partial charge < -0.3 is 5.73 Å². The lowest BCUT2D eigenvalue weighted by Gasteiger charge is -2.05. The SMILES string of the molecule is NC(=O)Cc1cccc(-c2ccc(F)c(F)c2)c1. The zero-order valence-electron chi connectivity index (χ0n) is 9.49. The van der Waals surface area contributed by atoms with Crippen LogP contribution in [0.2, 0.25) is 0 Å². The number of hydrogen-bond acceptors (Lipinski definition) is 1. The summed E-state index contributed by atoms with van der Waals surface area (Å²) < 4.78 is 26.0. The molecule has 2 rings (SSSR count). The molecule has 1 amide bonds. The molecule has 0 aromatic heterocycles. The van der Waals surface area contributed by atoms with Crippen molar-refractivity contribution in [3.8, 4) is 11.1 Å². The maximum absolute atomic E-state index is 13.1. The smallest absolute Gasteiger partial charge is 0.221 e. The lowest BCUT2D eigenvalue weighted by molar-refractivity contribution is -0.117. The van der Waals surface area contributed by atoms with Gasteiger partial charge in [0.15, 0.2) is 11.6 Å². The Morgan fingerprint density at radius 2 is 1.72 bits per heavy atom. The summed E-state index contributed by atoms with van der Waals surface area (Å²) in [5.74, 6) is -2.21. The van der Waals surface area contributed by atoms with Crippen molar-refractivity contribution in [3.63, 3.8) is 0 Å². The van der Waals surface area contributed by atoms with E-state index in [0.717, 1.165) is 17.7 Å². The Balaban J connectivity index is 2.38.